The number of hydrogen-bond donors (Lipinski definition) is 0. The fraction of sp³-hybridized carbons (Fsp3) is 0.889. The molecular weight excluding hydrogens is 533 g/mol. The minimum absolute atomic E-state index is 0.144. The van der Waals surface area contributed by atoms with E-state index in [2.05, 4.69) is 28.9 Å². The molecule has 0 spiro atoms. The lowest BCUT2D eigenvalue weighted by Gasteiger charge is -2.42. The van der Waals surface area contributed by atoms with Crippen molar-refractivity contribution in [3.63, 3.8) is 0 Å². The summed E-state index contributed by atoms with van der Waals surface area (Å²) >= 11 is 0. The van der Waals surface area contributed by atoms with Gasteiger partial charge in [0.1, 0.15) is 6.17 Å². The van der Waals surface area contributed by atoms with Crippen LogP contribution in [0.4, 0.5) is 13.2 Å². The minimum atomic E-state index is -3.82. The van der Waals surface area contributed by atoms with Gasteiger partial charge in [-0.25, -0.2) is 21.6 Å². The molecule has 2 aliphatic heterocycles. The van der Waals surface area contributed by atoms with Gasteiger partial charge in [0, 0.05) is 43.3 Å². The first-order chi connectivity index (χ1) is 18.3. The third-order valence-corrected chi connectivity index (χ3v) is 12.5. The largest absolute Gasteiger partial charge is 0.343 e. The third-order valence-electron chi connectivity index (χ3n) is 9.71. The first-order valence-electron chi connectivity index (χ1n) is 14.4. The highest BCUT2D eigenvalue weighted by Crippen LogP contribution is 2.46. The molecule has 0 aromatic carbocycles. The highest BCUT2D eigenvalue weighted by Gasteiger charge is 2.54. The van der Waals surface area contributed by atoms with Gasteiger partial charge in [-0.1, -0.05) is 12.1 Å². The van der Waals surface area contributed by atoms with Crippen LogP contribution in [0.5, 0.6) is 0 Å². The fourth-order valence-corrected chi connectivity index (χ4v) is 9.29. The predicted octanol–water partition coefficient (Wildman–Crippen LogP) is 4.26. The van der Waals surface area contributed by atoms with Gasteiger partial charge in [0.15, 0.2) is 15.7 Å². The number of likely N-dealkylation sites (tertiary alicyclic amines) is 2. The molecule has 0 N–H and O–H groups in total. The molecule has 4 fully saturated rings. The molecule has 0 bridgehead atoms. The van der Waals surface area contributed by atoms with Gasteiger partial charge in [0.25, 0.3) is 5.92 Å². The number of carbonyl (C=O) groups is 1. The molecule has 220 valence electrons. The van der Waals surface area contributed by atoms with Crippen LogP contribution < -0.4 is 0 Å². The van der Waals surface area contributed by atoms with Gasteiger partial charge in [0.05, 0.1) is 16.4 Å². The lowest BCUT2D eigenvalue weighted by molar-refractivity contribution is -0.141. The van der Waals surface area contributed by atoms with E-state index in [1.54, 1.807) is 4.90 Å². The van der Waals surface area contributed by atoms with E-state index in [0.29, 0.717) is 76.0 Å². The van der Waals surface area contributed by atoms with E-state index in [1.807, 2.05) is 6.92 Å². The van der Waals surface area contributed by atoms with Crippen molar-refractivity contribution in [1.29, 1.82) is 0 Å². The molecule has 0 unspecified atom stereocenters. The molecule has 2 aliphatic carbocycles. The van der Waals surface area contributed by atoms with E-state index in [0.717, 1.165) is 0 Å². The number of nitrogens with zero attached hydrogens (tertiary/aromatic N) is 4. The summed E-state index contributed by atoms with van der Waals surface area (Å²) in [5.74, 6) is -4.68. The molecule has 2 saturated heterocycles. The maximum atomic E-state index is 15.3. The van der Waals surface area contributed by atoms with Crippen molar-refractivity contribution in [2.24, 2.45) is 5.92 Å². The summed E-state index contributed by atoms with van der Waals surface area (Å²) < 4.78 is 76.5. The standard InChI is InChI=1S/C27H41F3N4O4S/c1-17(2)33-11-6-18(7-12-33)39(36,37)22-5-4-8-27(29,30)20(22)16-23(35)34-13-9-26(3,10-14-34)25-31-24(38-32-25)19-15-21(19)28/h17-22H,4-16H2,1-3H3/t19-,20-,21+,22+/m1/s1. The Morgan fingerprint density at radius 1 is 1.10 bits per heavy atom. The molecule has 3 heterocycles. The average molecular weight is 575 g/mol. The summed E-state index contributed by atoms with van der Waals surface area (Å²) in [4.78, 5) is 21.5. The number of halogens is 3. The van der Waals surface area contributed by atoms with Gasteiger partial charge in [-0.15, -0.1) is 0 Å². The number of sulfone groups is 1. The maximum Gasteiger partial charge on any atom is 0.252 e. The van der Waals surface area contributed by atoms with E-state index < -0.39 is 56.1 Å². The Bertz CT molecular complexity index is 1140. The maximum absolute atomic E-state index is 15.3. The van der Waals surface area contributed by atoms with Gasteiger partial charge < -0.3 is 14.3 Å². The zero-order valence-electron chi connectivity index (χ0n) is 23.1. The van der Waals surface area contributed by atoms with Crippen LogP contribution in [0.15, 0.2) is 4.52 Å². The molecule has 8 nitrogen and oxygen atoms in total. The van der Waals surface area contributed by atoms with Gasteiger partial charge in [-0.3, -0.25) is 4.79 Å². The van der Waals surface area contributed by atoms with Gasteiger partial charge in [-0.2, -0.15) is 4.98 Å². The first kappa shape index (κ1) is 28.8. The average Bonchev–Trinajstić information content (AvgIpc) is 3.40. The zero-order chi connectivity index (χ0) is 28.2. The van der Waals surface area contributed by atoms with Crippen LogP contribution in [0.25, 0.3) is 0 Å². The molecular formula is C27H41F3N4O4S. The molecule has 1 aromatic rings. The number of aromatic nitrogens is 2. The Kier molecular flexibility index (Phi) is 7.84. The summed E-state index contributed by atoms with van der Waals surface area (Å²) in [7, 11) is -3.82. The number of piperidine rings is 2. The van der Waals surface area contributed by atoms with Gasteiger partial charge in [-0.05, 0) is 71.9 Å². The van der Waals surface area contributed by atoms with Gasteiger partial charge >= 0.3 is 0 Å². The van der Waals surface area contributed by atoms with E-state index in [4.69, 9.17) is 4.52 Å². The zero-order valence-corrected chi connectivity index (χ0v) is 23.9. The third kappa shape index (κ3) is 5.74. The Labute approximate surface area is 229 Å². The second-order valence-corrected chi connectivity index (χ2v) is 15.1. The summed E-state index contributed by atoms with van der Waals surface area (Å²) in [6.07, 6.45) is 0.828. The molecule has 1 amide bonds. The normalized spacial score (nSPS) is 31.9. The number of rotatable bonds is 7. The summed E-state index contributed by atoms with van der Waals surface area (Å²) in [6, 6.07) is 0.312. The molecule has 2 saturated carbocycles. The molecule has 1 aromatic heterocycles. The topological polar surface area (TPSA) is 96.6 Å². The molecule has 12 heteroatoms. The predicted molar refractivity (Wildman–Crippen MR) is 139 cm³/mol. The van der Waals surface area contributed by atoms with E-state index in [-0.39, 0.29) is 25.2 Å². The van der Waals surface area contributed by atoms with Gasteiger partial charge in [0.2, 0.25) is 11.8 Å². The Hall–Kier alpha value is -1.69. The highest BCUT2D eigenvalue weighted by atomic mass is 32.2. The minimum Gasteiger partial charge on any atom is -0.343 e. The molecule has 39 heavy (non-hydrogen) atoms. The lowest BCUT2D eigenvalue weighted by Crippen LogP contribution is -2.52. The molecule has 0 radical (unpaired) electrons. The van der Waals surface area contributed by atoms with Crippen LogP contribution in [-0.2, 0) is 20.0 Å². The van der Waals surface area contributed by atoms with Crippen molar-refractivity contribution in [1.82, 2.24) is 19.9 Å². The highest BCUT2D eigenvalue weighted by molar-refractivity contribution is 7.92. The fourth-order valence-electron chi connectivity index (χ4n) is 6.68. The van der Waals surface area contributed by atoms with Crippen LogP contribution >= 0.6 is 0 Å². The van der Waals surface area contributed by atoms with Crippen molar-refractivity contribution in [2.45, 2.75) is 119 Å². The molecule has 4 atom stereocenters. The van der Waals surface area contributed by atoms with Crippen LogP contribution in [-0.4, -0.2) is 89.1 Å². The number of hydrogen-bond acceptors (Lipinski definition) is 7. The van der Waals surface area contributed by atoms with Crippen molar-refractivity contribution in [3.05, 3.63) is 11.7 Å². The van der Waals surface area contributed by atoms with Crippen LogP contribution in [0.2, 0.25) is 0 Å². The quantitative estimate of drug-likeness (QED) is 0.480. The van der Waals surface area contributed by atoms with Crippen molar-refractivity contribution in [2.75, 3.05) is 26.2 Å². The smallest absolute Gasteiger partial charge is 0.252 e. The number of alkyl halides is 3. The summed E-state index contributed by atoms with van der Waals surface area (Å²) in [5.41, 5.74) is -0.468. The second kappa shape index (κ2) is 10.6. The summed E-state index contributed by atoms with van der Waals surface area (Å²) in [6.45, 7) is 8.03. The van der Waals surface area contributed by atoms with Crippen LogP contribution in [0.3, 0.4) is 0 Å². The second-order valence-electron chi connectivity index (χ2n) is 12.7. The number of carbonyl (C=O) groups excluding carboxylic acids is 1. The summed E-state index contributed by atoms with van der Waals surface area (Å²) in [5, 5.41) is 2.23. The molecule has 4 aliphatic rings. The Morgan fingerprint density at radius 3 is 2.33 bits per heavy atom. The molecule has 5 rings (SSSR count). The Morgan fingerprint density at radius 2 is 1.74 bits per heavy atom. The van der Waals surface area contributed by atoms with E-state index >= 15 is 8.78 Å². The number of amides is 1. The van der Waals surface area contributed by atoms with E-state index in [1.165, 1.54) is 0 Å². The van der Waals surface area contributed by atoms with Crippen LogP contribution in [0.1, 0.15) is 96.2 Å². The lowest BCUT2D eigenvalue weighted by atomic mass is 9.79. The SMILES string of the molecule is CC(C)N1CCC(S(=O)(=O)[C@H]2CCCC(F)(F)[C@@H]2CC(=O)N2CCC(C)(c3noc([C@@H]4C[C@@H]4F)n3)CC2)CC1. The van der Waals surface area contributed by atoms with Crippen molar-refractivity contribution >= 4 is 15.7 Å². The first-order valence-corrected chi connectivity index (χ1v) is 16.0. The van der Waals surface area contributed by atoms with Crippen molar-refractivity contribution < 1.29 is 30.9 Å². The Balaban J connectivity index is 1.23. The van der Waals surface area contributed by atoms with Crippen LogP contribution in [0, 0.1) is 5.92 Å². The monoisotopic (exact) mass is 574 g/mol. The van der Waals surface area contributed by atoms with Crippen molar-refractivity contribution in [3.8, 4) is 0 Å². The van der Waals surface area contributed by atoms with E-state index in [9.17, 15) is 17.6 Å².